The maximum Gasteiger partial charge on any atom is 0.255 e. The predicted octanol–water partition coefficient (Wildman–Crippen LogP) is 2.50. The van der Waals surface area contributed by atoms with E-state index in [1.807, 2.05) is 0 Å². The number of ether oxygens (including phenoxy) is 5. The summed E-state index contributed by atoms with van der Waals surface area (Å²) in [5.41, 5.74) is 6.85. The first-order chi connectivity index (χ1) is 13.9. The summed E-state index contributed by atoms with van der Waals surface area (Å²) < 4.78 is 27.1. The Kier molecular flexibility index (Phi) is 5.63. The van der Waals surface area contributed by atoms with Gasteiger partial charge in [-0.2, -0.15) is 0 Å². The van der Waals surface area contributed by atoms with Gasteiger partial charge in [0, 0.05) is 6.07 Å². The van der Waals surface area contributed by atoms with E-state index in [9.17, 15) is 9.59 Å². The molecule has 1 amide bonds. The van der Waals surface area contributed by atoms with Gasteiger partial charge in [-0.3, -0.25) is 9.59 Å². The number of hydrogen-bond donors (Lipinski definition) is 1. The van der Waals surface area contributed by atoms with Crippen molar-refractivity contribution in [1.82, 2.24) is 0 Å². The molecule has 1 heterocycles. The van der Waals surface area contributed by atoms with Crippen LogP contribution < -0.4 is 29.4 Å². The second-order valence-corrected chi connectivity index (χ2v) is 6.27. The number of allylic oxidation sites excluding steroid dienone is 1. The molecule has 8 heteroatoms. The number of carbonyl (C=O) groups excluding carboxylic acids is 2. The van der Waals surface area contributed by atoms with Crippen molar-refractivity contribution in [3.63, 3.8) is 0 Å². The number of fused-ring (bicyclic) bond motifs is 1. The number of nitrogens with two attached hydrogens (primary N) is 1. The molecule has 0 aliphatic carbocycles. The van der Waals surface area contributed by atoms with Crippen molar-refractivity contribution < 1.29 is 33.3 Å². The fourth-order valence-electron chi connectivity index (χ4n) is 3.05. The topological polar surface area (TPSA) is 106 Å². The highest BCUT2D eigenvalue weighted by atomic mass is 16.5. The Labute approximate surface area is 167 Å². The van der Waals surface area contributed by atoms with Crippen molar-refractivity contribution in [1.29, 1.82) is 0 Å². The molecule has 0 fully saturated rings. The molecule has 1 aliphatic rings. The Bertz CT molecular complexity index is 985. The second kappa shape index (κ2) is 8.14. The lowest BCUT2D eigenvalue weighted by Gasteiger charge is -2.13. The zero-order valence-corrected chi connectivity index (χ0v) is 16.5. The van der Waals surface area contributed by atoms with Gasteiger partial charge in [-0.25, -0.2) is 0 Å². The number of carbonyl (C=O) groups is 2. The predicted molar refractivity (Wildman–Crippen MR) is 105 cm³/mol. The Balaban J connectivity index is 1.96. The minimum atomic E-state index is -0.594. The van der Waals surface area contributed by atoms with Crippen LogP contribution in [-0.2, 0) is 4.79 Å². The van der Waals surface area contributed by atoms with Gasteiger partial charge in [0.25, 0.3) is 5.91 Å². The van der Waals surface area contributed by atoms with E-state index in [0.717, 1.165) is 0 Å². The largest absolute Gasteiger partial charge is 0.493 e. The maximum atomic E-state index is 12.8. The number of primary amides is 1. The van der Waals surface area contributed by atoms with Crippen LogP contribution in [0.25, 0.3) is 6.08 Å². The first kappa shape index (κ1) is 20.1. The van der Waals surface area contributed by atoms with Crippen LogP contribution in [0, 0.1) is 6.92 Å². The fourth-order valence-corrected chi connectivity index (χ4v) is 3.05. The van der Waals surface area contributed by atoms with Crippen LogP contribution in [0.4, 0.5) is 0 Å². The highest BCUT2D eigenvalue weighted by molar-refractivity contribution is 6.15. The Morgan fingerprint density at radius 2 is 1.72 bits per heavy atom. The van der Waals surface area contributed by atoms with Crippen molar-refractivity contribution >= 4 is 17.8 Å². The number of amides is 1. The molecular formula is C21H21NO7. The summed E-state index contributed by atoms with van der Waals surface area (Å²) in [7, 11) is 4.54. The van der Waals surface area contributed by atoms with Crippen LogP contribution in [0.15, 0.2) is 30.0 Å². The van der Waals surface area contributed by atoms with Crippen molar-refractivity contribution in [3.05, 3.63) is 46.7 Å². The SMILES string of the molecule is COc1cc(/C=C2\Oc3cc(OCC(N)=O)cc(C)c3C2=O)cc(OC)c1OC. The summed E-state index contributed by atoms with van der Waals surface area (Å²) in [6, 6.07) is 6.63. The van der Waals surface area contributed by atoms with Crippen molar-refractivity contribution in [3.8, 4) is 28.7 Å². The molecule has 1 aliphatic heterocycles. The van der Waals surface area contributed by atoms with Gasteiger partial charge in [0.2, 0.25) is 11.5 Å². The highest BCUT2D eigenvalue weighted by Crippen LogP contribution is 2.41. The molecule has 0 bridgehead atoms. The standard InChI is InChI=1S/C21H21NO7/c1-11-5-13(28-10-18(22)23)9-14-19(11)20(24)15(29-14)6-12-7-16(25-2)21(27-4)17(8-12)26-3/h5-9H,10H2,1-4H3,(H2,22,23)/b15-6-. The lowest BCUT2D eigenvalue weighted by atomic mass is 10.0. The molecule has 0 saturated heterocycles. The van der Waals surface area contributed by atoms with Crippen LogP contribution in [0.2, 0.25) is 0 Å². The van der Waals surface area contributed by atoms with Gasteiger partial charge in [-0.05, 0) is 42.3 Å². The Morgan fingerprint density at radius 3 is 2.28 bits per heavy atom. The first-order valence-corrected chi connectivity index (χ1v) is 8.68. The molecule has 8 nitrogen and oxygen atoms in total. The van der Waals surface area contributed by atoms with E-state index >= 15 is 0 Å². The van der Waals surface area contributed by atoms with Gasteiger partial charge in [0.15, 0.2) is 23.9 Å². The lowest BCUT2D eigenvalue weighted by molar-refractivity contribution is -0.119. The lowest BCUT2D eigenvalue weighted by Crippen LogP contribution is -2.20. The van der Waals surface area contributed by atoms with Gasteiger partial charge in [-0.1, -0.05) is 0 Å². The minimum Gasteiger partial charge on any atom is -0.493 e. The number of Topliss-reactive ketones (excluding diaryl/α,β-unsaturated/α-hetero) is 1. The van der Waals surface area contributed by atoms with Crippen LogP contribution in [-0.4, -0.2) is 39.6 Å². The zero-order valence-electron chi connectivity index (χ0n) is 16.5. The third kappa shape index (κ3) is 3.96. The molecule has 3 rings (SSSR count). The van der Waals surface area contributed by atoms with Crippen LogP contribution in [0.5, 0.6) is 28.7 Å². The number of benzene rings is 2. The molecule has 2 aromatic carbocycles. The molecule has 0 atom stereocenters. The smallest absolute Gasteiger partial charge is 0.255 e. The van der Waals surface area contributed by atoms with E-state index in [0.29, 0.717) is 45.4 Å². The number of ketones is 1. The second-order valence-electron chi connectivity index (χ2n) is 6.27. The van der Waals surface area contributed by atoms with E-state index < -0.39 is 5.91 Å². The monoisotopic (exact) mass is 399 g/mol. The molecule has 0 unspecified atom stereocenters. The van der Waals surface area contributed by atoms with Gasteiger partial charge in [-0.15, -0.1) is 0 Å². The molecule has 0 aromatic heterocycles. The molecule has 2 aromatic rings. The molecule has 152 valence electrons. The van der Waals surface area contributed by atoms with Crippen molar-refractivity contribution in [2.75, 3.05) is 27.9 Å². The highest BCUT2D eigenvalue weighted by Gasteiger charge is 2.30. The maximum absolute atomic E-state index is 12.8. The van der Waals surface area contributed by atoms with Gasteiger partial charge < -0.3 is 29.4 Å². The summed E-state index contributed by atoms with van der Waals surface area (Å²) >= 11 is 0. The average molecular weight is 399 g/mol. The Morgan fingerprint density at radius 1 is 1.07 bits per heavy atom. The summed E-state index contributed by atoms with van der Waals surface area (Å²) in [6.07, 6.45) is 1.59. The summed E-state index contributed by atoms with van der Waals surface area (Å²) in [5, 5.41) is 0. The Hall–Kier alpha value is -3.68. The fraction of sp³-hybridized carbons (Fsp3) is 0.238. The zero-order chi connectivity index (χ0) is 21.1. The molecular weight excluding hydrogens is 378 g/mol. The molecule has 0 spiro atoms. The molecule has 0 saturated carbocycles. The van der Waals surface area contributed by atoms with E-state index in [1.165, 1.54) is 21.3 Å². The van der Waals surface area contributed by atoms with Crippen LogP contribution >= 0.6 is 0 Å². The van der Waals surface area contributed by atoms with Gasteiger partial charge in [0.05, 0.1) is 26.9 Å². The third-order valence-corrected chi connectivity index (χ3v) is 4.31. The normalized spacial score (nSPS) is 13.7. The van der Waals surface area contributed by atoms with E-state index in [1.54, 1.807) is 37.3 Å². The summed E-state index contributed by atoms with van der Waals surface area (Å²) in [4.78, 5) is 23.8. The third-order valence-electron chi connectivity index (χ3n) is 4.31. The van der Waals surface area contributed by atoms with Gasteiger partial charge in [0.1, 0.15) is 11.5 Å². The number of hydrogen-bond acceptors (Lipinski definition) is 7. The summed E-state index contributed by atoms with van der Waals surface area (Å²) in [5.74, 6) is 1.40. The van der Waals surface area contributed by atoms with Crippen molar-refractivity contribution in [2.45, 2.75) is 6.92 Å². The molecule has 29 heavy (non-hydrogen) atoms. The average Bonchev–Trinajstić information content (AvgIpc) is 3.01. The summed E-state index contributed by atoms with van der Waals surface area (Å²) in [6.45, 7) is 1.50. The van der Waals surface area contributed by atoms with E-state index in [4.69, 9.17) is 29.4 Å². The van der Waals surface area contributed by atoms with Crippen LogP contribution in [0.3, 0.4) is 0 Å². The first-order valence-electron chi connectivity index (χ1n) is 8.68. The minimum absolute atomic E-state index is 0.143. The van der Waals surface area contributed by atoms with Gasteiger partial charge >= 0.3 is 0 Å². The van der Waals surface area contributed by atoms with E-state index in [-0.39, 0.29) is 18.1 Å². The molecule has 2 N–H and O–H groups in total. The van der Waals surface area contributed by atoms with Crippen molar-refractivity contribution in [2.24, 2.45) is 5.73 Å². The number of aryl methyl sites for hydroxylation is 1. The number of rotatable bonds is 7. The number of methoxy groups -OCH3 is 3. The quantitative estimate of drug-likeness (QED) is 0.713. The van der Waals surface area contributed by atoms with E-state index in [2.05, 4.69) is 0 Å². The molecule has 0 radical (unpaired) electrons. The van der Waals surface area contributed by atoms with Crippen LogP contribution in [0.1, 0.15) is 21.5 Å².